The third-order valence-electron chi connectivity index (χ3n) is 5.89. The summed E-state index contributed by atoms with van der Waals surface area (Å²) in [6, 6.07) is 9.20. The lowest BCUT2D eigenvalue weighted by Gasteiger charge is -2.43. The quantitative estimate of drug-likeness (QED) is 0.830. The Bertz CT molecular complexity index is 756. The van der Waals surface area contributed by atoms with Crippen molar-refractivity contribution in [2.45, 2.75) is 38.2 Å². The number of hydrogen-bond acceptors (Lipinski definition) is 3. The van der Waals surface area contributed by atoms with Gasteiger partial charge in [0.05, 0.1) is 23.6 Å². The van der Waals surface area contributed by atoms with E-state index in [4.69, 9.17) is 0 Å². The SMILES string of the molecule is N#Cc1ccccc1CN1CC(F)(F)C[C@@]2(CCN(CC3CC3)C2=O)C1. The van der Waals surface area contributed by atoms with Crippen molar-refractivity contribution in [3.05, 3.63) is 35.4 Å². The van der Waals surface area contributed by atoms with Gasteiger partial charge in [-0.2, -0.15) is 5.26 Å². The normalized spacial score (nSPS) is 28.5. The first-order valence-corrected chi connectivity index (χ1v) is 9.28. The van der Waals surface area contributed by atoms with Crippen LogP contribution >= 0.6 is 0 Å². The molecular formula is C20H23F2N3O. The van der Waals surface area contributed by atoms with Gasteiger partial charge in [-0.3, -0.25) is 9.69 Å². The number of likely N-dealkylation sites (tertiary alicyclic amines) is 2. The minimum atomic E-state index is -2.88. The van der Waals surface area contributed by atoms with Crippen LogP contribution in [0.25, 0.3) is 0 Å². The van der Waals surface area contributed by atoms with Gasteiger partial charge in [-0.15, -0.1) is 0 Å². The second-order valence-electron chi connectivity index (χ2n) is 8.17. The zero-order valence-corrected chi connectivity index (χ0v) is 14.8. The number of nitrogens with zero attached hydrogens (tertiary/aromatic N) is 3. The van der Waals surface area contributed by atoms with E-state index in [1.54, 1.807) is 28.0 Å². The number of alkyl halides is 2. The number of carbonyl (C=O) groups excluding carboxylic acids is 1. The van der Waals surface area contributed by atoms with E-state index in [9.17, 15) is 18.8 Å². The van der Waals surface area contributed by atoms with Crippen LogP contribution in [0.5, 0.6) is 0 Å². The van der Waals surface area contributed by atoms with Crippen LogP contribution < -0.4 is 0 Å². The van der Waals surface area contributed by atoms with Gasteiger partial charge in [-0.1, -0.05) is 18.2 Å². The Hall–Kier alpha value is -2.00. The number of halogens is 2. The third-order valence-corrected chi connectivity index (χ3v) is 5.89. The molecule has 0 bridgehead atoms. The summed E-state index contributed by atoms with van der Waals surface area (Å²) in [7, 11) is 0. The number of carbonyl (C=O) groups is 1. The molecule has 1 spiro atoms. The fraction of sp³-hybridized carbons (Fsp3) is 0.600. The molecule has 138 valence electrons. The first-order chi connectivity index (χ1) is 12.4. The van der Waals surface area contributed by atoms with Gasteiger partial charge in [0.1, 0.15) is 0 Å². The molecule has 6 heteroatoms. The molecular weight excluding hydrogens is 336 g/mol. The van der Waals surface area contributed by atoms with Gasteiger partial charge >= 0.3 is 0 Å². The zero-order valence-electron chi connectivity index (χ0n) is 14.8. The Morgan fingerprint density at radius 2 is 2.00 bits per heavy atom. The maximum Gasteiger partial charge on any atom is 0.261 e. The zero-order chi connectivity index (χ0) is 18.4. The van der Waals surface area contributed by atoms with Gasteiger partial charge in [0.2, 0.25) is 5.91 Å². The molecule has 0 N–H and O–H groups in total. The van der Waals surface area contributed by atoms with E-state index in [1.807, 2.05) is 6.07 Å². The van der Waals surface area contributed by atoms with E-state index in [0.717, 1.165) is 24.9 Å². The number of nitriles is 1. The summed E-state index contributed by atoms with van der Waals surface area (Å²) < 4.78 is 29.1. The molecule has 0 aromatic heterocycles. The van der Waals surface area contributed by atoms with Crippen LogP contribution in [0.4, 0.5) is 8.78 Å². The Kier molecular flexibility index (Phi) is 4.23. The minimum absolute atomic E-state index is 0.0951. The van der Waals surface area contributed by atoms with Gasteiger partial charge in [0.15, 0.2) is 0 Å². The molecule has 1 amide bonds. The third kappa shape index (κ3) is 3.33. The van der Waals surface area contributed by atoms with E-state index >= 15 is 0 Å². The van der Waals surface area contributed by atoms with E-state index in [0.29, 0.717) is 31.0 Å². The fourth-order valence-electron chi connectivity index (χ4n) is 4.53. The van der Waals surface area contributed by atoms with Crippen molar-refractivity contribution in [3.63, 3.8) is 0 Å². The Balaban J connectivity index is 1.54. The molecule has 3 aliphatic rings. The van der Waals surface area contributed by atoms with Crippen molar-refractivity contribution < 1.29 is 13.6 Å². The van der Waals surface area contributed by atoms with Crippen LogP contribution in [-0.4, -0.2) is 47.8 Å². The van der Waals surface area contributed by atoms with E-state index in [2.05, 4.69) is 6.07 Å². The Labute approximate surface area is 152 Å². The molecule has 1 aromatic rings. The number of amides is 1. The number of piperidine rings is 1. The first kappa shape index (κ1) is 17.4. The number of benzene rings is 1. The summed E-state index contributed by atoms with van der Waals surface area (Å²) in [4.78, 5) is 16.4. The van der Waals surface area contributed by atoms with Gasteiger partial charge in [-0.05, 0) is 36.8 Å². The van der Waals surface area contributed by atoms with Crippen molar-refractivity contribution in [1.29, 1.82) is 5.26 Å². The predicted molar refractivity (Wildman–Crippen MR) is 92.4 cm³/mol. The first-order valence-electron chi connectivity index (χ1n) is 9.28. The lowest BCUT2D eigenvalue weighted by Crippen LogP contribution is -2.55. The Morgan fingerprint density at radius 1 is 1.23 bits per heavy atom. The van der Waals surface area contributed by atoms with Crippen molar-refractivity contribution >= 4 is 5.91 Å². The molecule has 0 unspecified atom stereocenters. The topological polar surface area (TPSA) is 47.3 Å². The highest BCUT2D eigenvalue weighted by Gasteiger charge is 2.57. The molecule has 1 saturated carbocycles. The maximum atomic E-state index is 14.5. The monoisotopic (exact) mass is 359 g/mol. The molecule has 3 fully saturated rings. The van der Waals surface area contributed by atoms with Crippen LogP contribution in [0.1, 0.15) is 36.8 Å². The summed E-state index contributed by atoms with van der Waals surface area (Å²) in [5, 5.41) is 9.24. The lowest BCUT2D eigenvalue weighted by molar-refractivity contribution is -0.155. The molecule has 4 nitrogen and oxygen atoms in total. The predicted octanol–water partition coefficient (Wildman–Crippen LogP) is 3.03. The van der Waals surface area contributed by atoms with Crippen molar-refractivity contribution in [3.8, 4) is 6.07 Å². The van der Waals surface area contributed by atoms with Crippen LogP contribution in [-0.2, 0) is 11.3 Å². The molecule has 0 radical (unpaired) electrons. The van der Waals surface area contributed by atoms with Gasteiger partial charge in [-0.25, -0.2) is 8.78 Å². The van der Waals surface area contributed by atoms with Gasteiger partial charge in [0, 0.05) is 32.6 Å². The largest absolute Gasteiger partial charge is 0.342 e. The maximum absolute atomic E-state index is 14.5. The van der Waals surface area contributed by atoms with Crippen molar-refractivity contribution in [2.24, 2.45) is 11.3 Å². The van der Waals surface area contributed by atoms with Crippen LogP contribution in [0.15, 0.2) is 24.3 Å². The summed E-state index contributed by atoms with van der Waals surface area (Å²) in [5.74, 6) is -2.41. The van der Waals surface area contributed by atoms with E-state index in [1.165, 1.54) is 0 Å². The van der Waals surface area contributed by atoms with Gasteiger partial charge in [0.25, 0.3) is 5.92 Å². The fourth-order valence-corrected chi connectivity index (χ4v) is 4.53. The molecule has 1 aromatic carbocycles. The summed E-state index contributed by atoms with van der Waals surface area (Å²) in [5.41, 5.74) is 0.268. The van der Waals surface area contributed by atoms with E-state index < -0.39 is 11.3 Å². The number of hydrogen-bond donors (Lipinski definition) is 0. The highest BCUT2D eigenvalue weighted by atomic mass is 19.3. The molecule has 2 aliphatic heterocycles. The average Bonchev–Trinajstić information content (AvgIpc) is 3.36. The molecule has 1 aliphatic carbocycles. The summed E-state index contributed by atoms with van der Waals surface area (Å²) in [6.07, 6.45) is 2.44. The molecule has 2 heterocycles. The minimum Gasteiger partial charge on any atom is -0.342 e. The summed E-state index contributed by atoms with van der Waals surface area (Å²) >= 11 is 0. The Morgan fingerprint density at radius 3 is 2.73 bits per heavy atom. The van der Waals surface area contributed by atoms with Crippen LogP contribution in [0, 0.1) is 22.7 Å². The summed E-state index contributed by atoms with van der Waals surface area (Å²) in [6.45, 7) is 1.58. The molecule has 4 rings (SSSR count). The second kappa shape index (κ2) is 6.31. The van der Waals surface area contributed by atoms with Crippen molar-refractivity contribution in [1.82, 2.24) is 9.80 Å². The second-order valence-corrected chi connectivity index (χ2v) is 8.17. The lowest BCUT2D eigenvalue weighted by atomic mass is 9.76. The highest BCUT2D eigenvalue weighted by molar-refractivity contribution is 5.85. The average molecular weight is 359 g/mol. The van der Waals surface area contributed by atoms with E-state index in [-0.39, 0.29) is 25.4 Å². The van der Waals surface area contributed by atoms with Crippen molar-refractivity contribution in [2.75, 3.05) is 26.2 Å². The number of rotatable bonds is 4. The van der Waals surface area contributed by atoms with Crippen LogP contribution in [0.3, 0.4) is 0 Å². The molecule has 1 atom stereocenters. The standard InChI is InChI=1S/C20H23F2N3O/c21-20(22)12-19(7-8-25(18(19)26)10-15-5-6-15)13-24(14-20)11-17-4-2-1-3-16(17)9-23/h1-4,15H,5-8,10-14H2/t19-/m0/s1. The molecule has 26 heavy (non-hydrogen) atoms. The smallest absolute Gasteiger partial charge is 0.261 e. The van der Waals surface area contributed by atoms with Gasteiger partial charge < -0.3 is 4.90 Å². The van der Waals surface area contributed by atoms with Crippen LogP contribution in [0.2, 0.25) is 0 Å². The highest BCUT2D eigenvalue weighted by Crippen LogP contribution is 2.47. The molecule has 2 saturated heterocycles.